The summed E-state index contributed by atoms with van der Waals surface area (Å²) in [6, 6.07) is 4.00. The van der Waals surface area contributed by atoms with E-state index in [1.807, 2.05) is 0 Å². The van der Waals surface area contributed by atoms with E-state index in [1.165, 1.54) is 25.1 Å². The summed E-state index contributed by atoms with van der Waals surface area (Å²) in [5.74, 6) is -1.17. The van der Waals surface area contributed by atoms with Gasteiger partial charge in [0, 0.05) is 18.5 Å². The second-order valence-electron chi connectivity index (χ2n) is 5.19. The van der Waals surface area contributed by atoms with E-state index < -0.39 is 11.6 Å². The highest BCUT2D eigenvalue weighted by atomic mass is 19.1. The first kappa shape index (κ1) is 14.9. The maximum Gasteiger partial charge on any atom is 0.217 e. The van der Waals surface area contributed by atoms with Crippen LogP contribution in [-0.2, 0) is 16.1 Å². The Balaban J connectivity index is 1.80. The molecule has 1 N–H and O–H groups in total. The summed E-state index contributed by atoms with van der Waals surface area (Å²) in [6.07, 6.45) is 3.26. The highest BCUT2D eigenvalue weighted by Gasteiger charge is 2.22. The molecule has 5 heteroatoms. The summed E-state index contributed by atoms with van der Waals surface area (Å²) in [6.45, 7) is 1.46. The molecule has 0 saturated heterocycles. The van der Waals surface area contributed by atoms with Crippen LogP contribution >= 0.6 is 0 Å². The number of benzene rings is 1. The van der Waals surface area contributed by atoms with Crippen molar-refractivity contribution >= 4 is 5.91 Å². The Morgan fingerprint density at radius 3 is 2.40 bits per heavy atom. The molecule has 0 aromatic heterocycles. The molecular formula is C15H19F2NO2. The molecule has 1 aromatic rings. The largest absolute Gasteiger partial charge is 0.373 e. The van der Waals surface area contributed by atoms with Crippen LogP contribution in [0.4, 0.5) is 8.78 Å². The third-order valence-electron chi connectivity index (χ3n) is 3.61. The van der Waals surface area contributed by atoms with Gasteiger partial charge in [-0.25, -0.2) is 8.78 Å². The lowest BCUT2D eigenvalue weighted by Crippen LogP contribution is -2.37. The molecule has 1 amide bonds. The van der Waals surface area contributed by atoms with Gasteiger partial charge < -0.3 is 10.1 Å². The van der Waals surface area contributed by atoms with Gasteiger partial charge in [-0.3, -0.25) is 4.79 Å². The van der Waals surface area contributed by atoms with Crippen molar-refractivity contribution < 1.29 is 18.3 Å². The molecule has 0 heterocycles. The van der Waals surface area contributed by atoms with Crippen molar-refractivity contribution in [3.63, 3.8) is 0 Å². The van der Waals surface area contributed by atoms with Gasteiger partial charge in [-0.1, -0.05) is 6.07 Å². The zero-order chi connectivity index (χ0) is 14.5. The Morgan fingerprint density at radius 2 is 1.85 bits per heavy atom. The summed E-state index contributed by atoms with van der Waals surface area (Å²) in [7, 11) is 0. The Morgan fingerprint density at radius 1 is 1.25 bits per heavy atom. The molecule has 1 aromatic carbocycles. The number of hydrogen-bond acceptors (Lipinski definition) is 2. The fourth-order valence-electron chi connectivity index (χ4n) is 2.53. The molecule has 3 nitrogen and oxygen atoms in total. The summed E-state index contributed by atoms with van der Waals surface area (Å²) >= 11 is 0. The zero-order valence-corrected chi connectivity index (χ0v) is 11.5. The van der Waals surface area contributed by atoms with Crippen LogP contribution < -0.4 is 5.32 Å². The lowest BCUT2D eigenvalue weighted by atomic mass is 9.93. The van der Waals surface area contributed by atoms with Gasteiger partial charge in [0.15, 0.2) is 0 Å². The topological polar surface area (TPSA) is 38.3 Å². The molecular weight excluding hydrogens is 264 g/mol. The molecule has 0 aliphatic heterocycles. The molecule has 0 bridgehead atoms. The van der Waals surface area contributed by atoms with Gasteiger partial charge in [0.1, 0.15) is 11.6 Å². The summed E-state index contributed by atoms with van der Waals surface area (Å²) in [5.41, 5.74) is -0.0171. The van der Waals surface area contributed by atoms with Crippen LogP contribution in [-0.4, -0.2) is 18.1 Å². The zero-order valence-electron chi connectivity index (χ0n) is 11.5. The fourth-order valence-corrected chi connectivity index (χ4v) is 2.53. The number of halogens is 2. The molecule has 0 spiro atoms. The number of amides is 1. The van der Waals surface area contributed by atoms with Crippen LogP contribution in [0.3, 0.4) is 0 Å². The standard InChI is InChI=1S/C15H19F2NO2/c1-10(19)18-11-5-7-12(8-6-11)20-9-13-14(16)3-2-4-15(13)17/h2-4,11-12H,5-9H2,1H3,(H,18,19). The summed E-state index contributed by atoms with van der Waals surface area (Å²) in [4.78, 5) is 11.0. The van der Waals surface area contributed by atoms with Crippen LogP contribution in [0.5, 0.6) is 0 Å². The predicted molar refractivity (Wildman–Crippen MR) is 71.0 cm³/mol. The van der Waals surface area contributed by atoms with Crippen molar-refractivity contribution in [3.8, 4) is 0 Å². The minimum absolute atomic E-state index is 0.000913. The highest BCUT2D eigenvalue weighted by Crippen LogP contribution is 2.23. The van der Waals surface area contributed by atoms with Crippen LogP contribution in [0, 0.1) is 11.6 Å². The van der Waals surface area contributed by atoms with Crippen LogP contribution in [0.2, 0.25) is 0 Å². The molecule has 0 atom stereocenters. The molecule has 110 valence electrons. The number of rotatable bonds is 4. The maximum atomic E-state index is 13.4. The van der Waals surface area contributed by atoms with Crippen molar-refractivity contribution in [2.45, 2.75) is 51.4 Å². The average Bonchev–Trinajstić information content (AvgIpc) is 2.39. The Bertz CT molecular complexity index is 451. The van der Waals surface area contributed by atoms with E-state index in [1.54, 1.807) is 0 Å². The normalized spacial score (nSPS) is 22.6. The van der Waals surface area contributed by atoms with Crippen molar-refractivity contribution in [3.05, 3.63) is 35.4 Å². The third kappa shape index (κ3) is 4.00. The highest BCUT2D eigenvalue weighted by molar-refractivity contribution is 5.73. The van der Waals surface area contributed by atoms with Gasteiger partial charge in [0.25, 0.3) is 0 Å². The third-order valence-corrected chi connectivity index (χ3v) is 3.61. The van der Waals surface area contributed by atoms with Gasteiger partial charge >= 0.3 is 0 Å². The van der Waals surface area contributed by atoms with Crippen LogP contribution in [0.1, 0.15) is 38.2 Å². The molecule has 1 fully saturated rings. The van der Waals surface area contributed by atoms with Crippen molar-refractivity contribution in [1.82, 2.24) is 5.32 Å². The molecule has 0 radical (unpaired) electrons. The van der Waals surface area contributed by atoms with E-state index in [0.29, 0.717) is 0 Å². The number of carbonyl (C=O) groups is 1. The van der Waals surface area contributed by atoms with Gasteiger partial charge in [0.2, 0.25) is 5.91 Å². The van der Waals surface area contributed by atoms with E-state index in [2.05, 4.69) is 5.32 Å². The Labute approximate surface area is 117 Å². The maximum absolute atomic E-state index is 13.4. The average molecular weight is 283 g/mol. The molecule has 2 rings (SSSR count). The number of hydrogen-bond donors (Lipinski definition) is 1. The Kier molecular flexibility index (Phi) is 5.06. The van der Waals surface area contributed by atoms with E-state index >= 15 is 0 Å². The van der Waals surface area contributed by atoms with E-state index in [4.69, 9.17) is 4.74 Å². The van der Waals surface area contributed by atoms with E-state index in [9.17, 15) is 13.6 Å². The van der Waals surface area contributed by atoms with Crippen molar-refractivity contribution in [1.29, 1.82) is 0 Å². The second kappa shape index (κ2) is 6.79. The second-order valence-corrected chi connectivity index (χ2v) is 5.19. The quantitative estimate of drug-likeness (QED) is 0.922. The van der Waals surface area contributed by atoms with Crippen molar-refractivity contribution in [2.24, 2.45) is 0 Å². The van der Waals surface area contributed by atoms with E-state index in [0.717, 1.165) is 25.7 Å². The molecule has 1 aliphatic rings. The first-order valence-corrected chi connectivity index (χ1v) is 6.88. The summed E-state index contributed by atoms with van der Waals surface area (Å²) in [5, 5.41) is 2.88. The van der Waals surface area contributed by atoms with Crippen LogP contribution in [0.25, 0.3) is 0 Å². The Hall–Kier alpha value is -1.49. The molecule has 1 saturated carbocycles. The first-order chi connectivity index (χ1) is 9.56. The monoisotopic (exact) mass is 283 g/mol. The smallest absolute Gasteiger partial charge is 0.217 e. The van der Waals surface area contributed by atoms with Gasteiger partial charge in [-0.15, -0.1) is 0 Å². The van der Waals surface area contributed by atoms with Crippen molar-refractivity contribution in [2.75, 3.05) is 0 Å². The van der Waals surface area contributed by atoms with E-state index in [-0.39, 0.29) is 30.2 Å². The number of carbonyl (C=O) groups excluding carboxylic acids is 1. The molecule has 1 aliphatic carbocycles. The lowest BCUT2D eigenvalue weighted by molar-refractivity contribution is -0.120. The fraction of sp³-hybridized carbons (Fsp3) is 0.533. The van der Waals surface area contributed by atoms with Gasteiger partial charge in [-0.2, -0.15) is 0 Å². The molecule has 0 unspecified atom stereocenters. The minimum Gasteiger partial charge on any atom is -0.373 e. The molecule has 20 heavy (non-hydrogen) atoms. The van der Waals surface area contributed by atoms with Crippen LogP contribution in [0.15, 0.2) is 18.2 Å². The predicted octanol–water partition coefficient (Wildman–Crippen LogP) is 2.93. The lowest BCUT2D eigenvalue weighted by Gasteiger charge is -2.28. The number of ether oxygens (including phenoxy) is 1. The number of nitrogens with one attached hydrogen (secondary N) is 1. The van der Waals surface area contributed by atoms with Gasteiger partial charge in [-0.05, 0) is 37.8 Å². The minimum atomic E-state index is -0.572. The SMILES string of the molecule is CC(=O)NC1CCC(OCc2c(F)cccc2F)CC1. The van der Waals surface area contributed by atoms with Gasteiger partial charge in [0.05, 0.1) is 12.7 Å². The summed E-state index contributed by atoms with van der Waals surface area (Å²) < 4.78 is 32.5. The first-order valence-electron chi connectivity index (χ1n) is 6.88.